The summed E-state index contributed by atoms with van der Waals surface area (Å²) in [5, 5.41) is 14.4. The lowest BCUT2D eigenvalue weighted by molar-refractivity contribution is -0.143. The zero-order chi connectivity index (χ0) is 36.4. The third-order valence-corrected chi connectivity index (χ3v) is 9.00. The second kappa shape index (κ2) is 18.2. The van der Waals surface area contributed by atoms with Crippen molar-refractivity contribution in [2.75, 3.05) is 6.54 Å². The number of nitrogens with one attached hydrogen (secondary N) is 5. The first kappa shape index (κ1) is 39.5. The highest BCUT2D eigenvalue weighted by Gasteiger charge is 2.41. The van der Waals surface area contributed by atoms with Gasteiger partial charge in [0.25, 0.3) is 0 Å². The molecule has 2 heterocycles. The van der Waals surface area contributed by atoms with Gasteiger partial charge in [-0.15, -0.1) is 0 Å². The summed E-state index contributed by atoms with van der Waals surface area (Å²) in [5.74, 6) is -3.20. The maximum absolute atomic E-state index is 14.3. The van der Waals surface area contributed by atoms with Crippen LogP contribution in [0.1, 0.15) is 93.1 Å². The van der Waals surface area contributed by atoms with Gasteiger partial charge in [-0.05, 0) is 61.3 Å². The molecule has 12 heteroatoms. The molecule has 2 aliphatic heterocycles. The molecule has 49 heavy (non-hydrogen) atoms. The van der Waals surface area contributed by atoms with Crippen molar-refractivity contribution in [3.05, 3.63) is 35.9 Å². The molecule has 0 spiro atoms. The summed E-state index contributed by atoms with van der Waals surface area (Å²) in [5.41, 5.74) is 0.820. The lowest BCUT2D eigenvalue weighted by atomic mass is 9.97. The Labute approximate surface area is 291 Å². The molecular formula is C37H58N6O6. The number of amides is 6. The van der Waals surface area contributed by atoms with Gasteiger partial charge in [0.05, 0.1) is 0 Å². The summed E-state index contributed by atoms with van der Waals surface area (Å²) < 4.78 is 0. The van der Waals surface area contributed by atoms with Crippen LogP contribution < -0.4 is 26.6 Å². The second-order valence-electron chi connectivity index (χ2n) is 15.2. The van der Waals surface area contributed by atoms with Gasteiger partial charge in [-0.3, -0.25) is 28.8 Å². The molecule has 2 saturated heterocycles. The van der Waals surface area contributed by atoms with E-state index in [-0.39, 0.29) is 30.1 Å². The minimum absolute atomic E-state index is 0.0142. The lowest BCUT2D eigenvalue weighted by Gasteiger charge is -2.32. The minimum atomic E-state index is -1.01. The largest absolute Gasteiger partial charge is 0.343 e. The Morgan fingerprint density at radius 3 is 1.53 bits per heavy atom. The van der Waals surface area contributed by atoms with E-state index in [4.69, 9.17) is 0 Å². The van der Waals surface area contributed by atoms with E-state index >= 15 is 0 Å². The van der Waals surface area contributed by atoms with Crippen LogP contribution >= 0.6 is 0 Å². The Morgan fingerprint density at radius 1 is 0.592 bits per heavy atom. The SMILES string of the molecule is CC(C)CC1NC(=O)C(CC(C)C)NC(=O)C2CCCN2C(=O)C(Cc2ccccc2)NC(=O)C(CC(C)C)NC(=O)C(C(C)C)NC1=O. The number of carbonyl (C=O) groups excluding carboxylic acids is 6. The normalized spacial score (nSPS) is 26.6. The Hall–Kier alpha value is -3.96. The molecule has 6 atom stereocenters. The molecular weight excluding hydrogens is 624 g/mol. The number of carbonyl (C=O) groups is 6. The smallest absolute Gasteiger partial charge is 0.246 e. The fraction of sp³-hybridized carbons (Fsp3) is 0.676. The monoisotopic (exact) mass is 682 g/mol. The highest BCUT2D eigenvalue weighted by atomic mass is 16.2. The molecule has 0 saturated carbocycles. The van der Waals surface area contributed by atoms with Gasteiger partial charge in [-0.2, -0.15) is 0 Å². The quantitative estimate of drug-likeness (QED) is 0.269. The fourth-order valence-electron chi connectivity index (χ4n) is 6.52. The van der Waals surface area contributed by atoms with Crippen LogP contribution in [0.15, 0.2) is 30.3 Å². The highest BCUT2D eigenvalue weighted by Crippen LogP contribution is 2.21. The standard InChI is InChI=1S/C37H58N6O6/c1-21(2)17-26-32(44)38-28(19-23(5)6)34(46)42-31(24(7)8)36(48)40-27(18-22(3)4)33(45)41-29(20-25-13-10-9-11-14-25)37(49)43-16-12-15-30(43)35(47)39-26/h9-11,13-14,21-24,26-31H,12,15-20H2,1-8H3,(H,38,44)(H,39,47)(H,40,48)(H,41,45)(H,42,46). The van der Waals surface area contributed by atoms with Crippen molar-refractivity contribution >= 4 is 35.4 Å². The molecule has 0 aliphatic carbocycles. The summed E-state index contributed by atoms with van der Waals surface area (Å²) >= 11 is 0. The molecule has 2 fully saturated rings. The topological polar surface area (TPSA) is 166 Å². The molecule has 3 rings (SSSR count). The highest BCUT2D eigenvalue weighted by molar-refractivity contribution is 5.98. The summed E-state index contributed by atoms with van der Waals surface area (Å²) in [7, 11) is 0. The van der Waals surface area contributed by atoms with Crippen LogP contribution in [-0.4, -0.2) is 83.1 Å². The van der Waals surface area contributed by atoms with E-state index in [0.29, 0.717) is 38.6 Å². The van der Waals surface area contributed by atoms with Gasteiger partial charge < -0.3 is 31.5 Å². The third kappa shape index (κ3) is 11.6. The van der Waals surface area contributed by atoms with Crippen molar-refractivity contribution in [1.29, 1.82) is 0 Å². The predicted molar refractivity (Wildman–Crippen MR) is 188 cm³/mol. The number of benzene rings is 1. The summed E-state index contributed by atoms with van der Waals surface area (Å²) in [6.07, 6.45) is 2.07. The molecule has 0 bridgehead atoms. The van der Waals surface area contributed by atoms with Crippen molar-refractivity contribution in [3.63, 3.8) is 0 Å². The van der Waals surface area contributed by atoms with E-state index < -0.39 is 71.7 Å². The third-order valence-electron chi connectivity index (χ3n) is 9.00. The van der Waals surface area contributed by atoms with E-state index in [1.165, 1.54) is 4.90 Å². The van der Waals surface area contributed by atoms with Gasteiger partial charge in [0.15, 0.2) is 0 Å². The molecule has 1 aromatic carbocycles. The van der Waals surface area contributed by atoms with E-state index in [2.05, 4.69) is 26.6 Å². The zero-order valence-corrected chi connectivity index (χ0v) is 30.5. The van der Waals surface area contributed by atoms with Crippen LogP contribution in [0.3, 0.4) is 0 Å². The van der Waals surface area contributed by atoms with Crippen LogP contribution in [0, 0.1) is 23.7 Å². The number of hydrogen-bond acceptors (Lipinski definition) is 6. The maximum atomic E-state index is 14.3. The molecule has 6 amide bonds. The van der Waals surface area contributed by atoms with Gasteiger partial charge in [0.2, 0.25) is 35.4 Å². The Kier molecular flexibility index (Phi) is 14.6. The van der Waals surface area contributed by atoms with Gasteiger partial charge in [-0.1, -0.05) is 85.7 Å². The zero-order valence-electron chi connectivity index (χ0n) is 30.5. The minimum Gasteiger partial charge on any atom is -0.343 e. The molecule has 12 nitrogen and oxygen atoms in total. The van der Waals surface area contributed by atoms with Crippen LogP contribution in [0.4, 0.5) is 0 Å². The van der Waals surface area contributed by atoms with Crippen LogP contribution in [-0.2, 0) is 35.2 Å². The summed E-state index contributed by atoms with van der Waals surface area (Å²) in [4.78, 5) is 84.9. The number of nitrogens with zero attached hydrogens (tertiary/aromatic N) is 1. The molecule has 1 aromatic rings. The summed E-state index contributed by atoms with van der Waals surface area (Å²) in [6.45, 7) is 15.5. The van der Waals surface area contributed by atoms with Crippen molar-refractivity contribution in [3.8, 4) is 0 Å². The van der Waals surface area contributed by atoms with Gasteiger partial charge in [0.1, 0.15) is 36.3 Å². The Morgan fingerprint density at radius 2 is 1.04 bits per heavy atom. The van der Waals surface area contributed by atoms with E-state index in [9.17, 15) is 28.8 Å². The molecule has 272 valence electrons. The van der Waals surface area contributed by atoms with E-state index in [0.717, 1.165) is 5.56 Å². The predicted octanol–water partition coefficient (Wildman–Crippen LogP) is 2.45. The summed E-state index contributed by atoms with van der Waals surface area (Å²) in [6, 6.07) is 3.53. The second-order valence-corrected chi connectivity index (χ2v) is 15.2. The van der Waals surface area contributed by atoms with Gasteiger partial charge in [0, 0.05) is 13.0 Å². The first-order valence-electron chi connectivity index (χ1n) is 17.9. The number of hydrogen-bond donors (Lipinski definition) is 5. The van der Waals surface area contributed by atoms with Crippen molar-refractivity contribution in [1.82, 2.24) is 31.5 Å². The molecule has 6 unspecified atom stereocenters. The molecule has 0 aromatic heterocycles. The van der Waals surface area contributed by atoms with E-state index in [1.54, 1.807) is 13.8 Å². The average Bonchev–Trinajstić information content (AvgIpc) is 3.51. The molecule has 5 N–H and O–H groups in total. The van der Waals surface area contributed by atoms with Crippen LogP contribution in [0.5, 0.6) is 0 Å². The van der Waals surface area contributed by atoms with E-state index in [1.807, 2.05) is 71.9 Å². The van der Waals surface area contributed by atoms with Gasteiger partial charge in [-0.25, -0.2) is 0 Å². The molecule has 2 aliphatic rings. The molecule has 0 radical (unpaired) electrons. The first-order chi connectivity index (χ1) is 23.1. The van der Waals surface area contributed by atoms with Crippen LogP contribution in [0.25, 0.3) is 0 Å². The van der Waals surface area contributed by atoms with Crippen LogP contribution in [0.2, 0.25) is 0 Å². The number of rotatable bonds is 9. The average molecular weight is 683 g/mol. The lowest BCUT2D eigenvalue weighted by Crippen LogP contribution is -2.62. The first-order valence-corrected chi connectivity index (χ1v) is 17.9. The van der Waals surface area contributed by atoms with Crippen molar-refractivity contribution in [2.45, 2.75) is 130 Å². The number of fused-ring (bicyclic) bond motifs is 1. The van der Waals surface area contributed by atoms with Crippen molar-refractivity contribution < 1.29 is 28.8 Å². The van der Waals surface area contributed by atoms with Crippen molar-refractivity contribution in [2.24, 2.45) is 23.7 Å². The maximum Gasteiger partial charge on any atom is 0.246 e. The Balaban J connectivity index is 2.09. The van der Waals surface area contributed by atoms with Gasteiger partial charge >= 0.3 is 0 Å². The fourth-order valence-corrected chi connectivity index (χ4v) is 6.52. The Bertz CT molecular complexity index is 1320.